The van der Waals surface area contributed by atoms with Crippen LogP contribution in [0.15, 0.2) is 79.1 Å². The van der Waals surface area contributed by atoms with Gasteiger partial charge in [-0.15, -0.1) is 0 Å². The Morgan fingerprint density at radius 3 is 2.72 bits per heavy atom. The second-order valence-electron chi connectivity index (χ2n) is 8.05. The zero-order chi connectivity index (χ0) is 21.9. The smallest absolute Gasteiger partial charge is 0.251 e. The largest absolute Gasteiger partial charge is 0.349 e. The highest BCUT2D eigenvalue weighted by molar-refractivity contribution is 5.94. The van der Waals surface area contributed by atoms with Crippen molar-refractivity contribution in [3.63, 3.8) is 0 Å². The van der Waals surface area contributed by atoms with Crippen LogP contribution in [-0.2, 0) is 6.42 Å². The molecule has 5 N–H and O–H groups in total. The van der Waals surface area contributed by atoms with Crippen molar-refractivity contribution < 1.29 is 4.79 Å². The number of rotatable bonds is 7. The highest BCUT2D eigenvalue weighted by Gasteiger charge is 2.39. The van der Waals surface area contributed by atoms with E-state index in [2.05, 4.69) is 38.1 Å². The maximum atomic E-state index is 12.8. The van der Waals surface area contributed by atoms with Crippen LogP contribution >= 0.6 is 0 Å². The van der Waals surface area contributed by atoms with E-state index in [0.717, 1.165) is 28.8 Å². The van der Waals surface area contributed by atoms with E-state index < -0.39 is 0 Å². The van der Waals surface area contributed by atoms with E-state index in [4.69, 9.17) is 5.84 Å². The summed E-state index contributed by atoms with van der Waals surface area (Å²) in [5.74, 6) is 6.71. The number of amides is 1. The number of hydrogen-bond donors (Lipinski definition) is 4. The summed E-state index contributed by atoms with van der Waals surface area (Å²) in [4.78, 5) is 17.1. The highest BCUT2D eigenvalue weighted by atomic mass is 16.1. The molecule has 1 amide bonds. The minimum Gasteiger partial charge on any atom is -0.349 e. The third-order valence-corrected chi connectivity index (χ3v) is 5.85. The number of nitrogens with zero attached hydrogens (tertiary/aromatic N) is 2. The summed E-state index contributed by atoms with van der Waals surface area (Å²) in [6, 6.07) is 24.1. The Hall–Kier alpha value is -3.97. The average Bonchev–Trinajstić information content (AvgIpc) is 3.37. The third-order valence-electron chi connectivity index (χ3n) is 5.85. The Labute approximate surface area is 186 Å². The molecule has 1 unspecified atom stereocenters. The van der Waals surface area contributed by atoms with Gasteiger partial charge >= 0.3 is 0 Å². The van der Waals surface area contributed by atoms with Gasteiger partial charge in [-0.25, -0.2) is 4.98 Å². The molecule has 1 saturated carbocycles. The number of nitrogen functional groups attached to an aromatic ring is 1. The van der Waals surface area contributed by atoms with Gasteiger partial charge in [0.15, 0.2) is 5.82 Å². The van der Waals surface area contributed by atoms with Crippen LogP contribution in [0, 0.1) is 0 Å². The lowest BCUT2D eigenvalue weighted by molar-refractivity contribution is 0.0950. The fraction of sp³-hybridized carbons (Fsp3) is 0.160. The van der Waals surface area contributed by atoms with Crippen LogP contribution in [0.5, 0.6) is 0 Å². The summed E-state index contributed by atoms with van der Waals surface area (Å²) in [7, 11) is 0. The summed E-state index contributed by atoms with van der Waals surface area (Å²) >= 11 is 0. The molecule has 32 heavy (non-hydrogen) atoms. The first-order valence-corrected chi connectivity index (χ1v) is 10.6. The molecule has 0 radical (unpaired) electrons. The van der Waals surface area contributed by atoms with Crippen LogP contribution in [0.3, 0.4) is 0 Å². The van der Waals surface area contributed by atoms with E-state index in [0.29, 0.717) is 23.7 Å². The number of hydrazine groups is 1. The van der Waals surface area contributed by atoms with Crippen molar-refractivity contribution in [3.8, 4) is 11.4 Å². The lowest BCUT2D eigenvalue weighted by atomic mass is 9.99. The van der Waals surface area contributed by atoms with E-state index in [-0.39, 0.29) is 11.9 Å². The molecule has 3 aromatic carbocycles. The molecular weight excluding hydrogens is 400 g/mol. The van der Waals surface area contributed by atoms with Crippen LogP contribution in [0.2, 0.25) is 0 Å². The van der Waals surface area contributed by atoms with Gasteiger partial charge in [-0.2, -0.15) is 5.10 Å². The van der Waals surface area contributed by atoms with Crippen molar-refractivity contribution in [2.45, 2.75) is 24.8 Å². The Morgan fingerprint density at radius 1 is 1.06 bits per heavy atom. The zero-order valence-electron chi connectivity index (χ0n) is 17.5. The Morgan fingerprint density at radius 2 is 1.94 bits per heavy atom. The molecule has 1 fully saturated rings. The lowest BCUT2D eigenvalue weighted by Gasteiger charge is -2.12. The minimum atomic E-state index is -0.0399. The summed E-state index contributed by atoms with van der Waals surface area (Å²) in [6.07, 6.45) is 3.15. The first kappa shape index (κ1) is 20.0. The summed E-state index contributed by atoms with van der Waals surface area (Å²) < 4.78 is 0. The molecule has 7 nitrogen and oxygen atoms in total. The van der Waals surface area contributed by atoms with Gasteiger partial charge in [-0.3, -0.25) is 15.7 Å². The molecule has 0 aliphatic heterocycles. The van der Waals surface area contributed by atoms with Gasteiger partial charge in [0, 0.05) is 23.1 Å². The SMILES string of the molecule is NNc1ccc(-c2nc[nH]n2)cc1Cc1cccc(C(=O)NC2C[C@@H]2c2ccccc2)c1. The van der Waals surface area contributed by atoms with Crippen LogP contribution in [0.1, 0.15) is 39.4 Å². The minimum absolute atomic E-state index is 0.0399. The summed E-state index contributed by atoms with van der Waals surface area (Å²) in [5, 5.41) is 10.1. The van der Waals surface area contributed by atoms with Gasteiger partial charge in [-0.05, 0) is 59.9 Å². The van der Waals surface area contributed by atoms with E-state index >= 15 is 0 Å². The maximum Gasteiger partial charge on any atom is 0.251 e. The van der Waals surface area contributed by atoms with Crippen molar-refractivity contribution in [2.75, 3.05) is 5.43 Å². The van der Waals surface area contributed by atoms with E-state index in [1.54, 1.807) is 6.33 Å². The number of benzene rings is 3. The van der Waals surface area contributed by atoms with E-state index in [9.17, 15) is 4.79 Å². The monoisotopic (exact) mass is 424 g/mol. The topological polar surface area (TPSA) is 109 Å². The van der Waals surface area contributed by atoms with Gasteiger partial charge < -0.3 is 10.7 Å². The number of hydrogen-bond acceptors (Lipinski definition) is 5. The maximum absolute atomic E-state index is 12.8. The molecule has 0 spiro atoms. The second kappa shape index (κ2) is 8.64. The predicted molar refractivity (Wildman–Crippen MR) is 124 cm³/mol. The van der Waals surface area contributed by atoms with Crippen molar-refractivity contribution in [3.05, 3.63) is 101 Å². The number of aromatic amines is 1. The molecule has 0 saturated heterocycles. The molecule has 4 aromatic rings. The van der Waals surface area contributed by atoms with Crippen LogP contribution < -0.4 is 16.6 Å². The van der Waals surface area contributed by atoms with Crippen molar-refractivity contribution in [1.82, 2.24) is 20.5 Å². The van der Waals surface area contributed by atoms with Gasteiger partial charge in [0.1, 0.15) is 6.33 Å². The molecule has 2 atom stereocenters. The Balaban J connectivity index is 1.30. The zero-order valence-corrected chi connectivity index (χ0v) is 17.5. The molecule has 7 heteroatoms. The molecule has 1 aliphatic rings. The van der Waals surface area contributed by atoms with E-state index in [1.165, 1.54) is 5.56 Å². The van der Waals surface area contributed by atoms with Gasteiger partial charge in [0.25, 0.3) is 5.91 Å². The van der Waals surface area contributed by atoms with E-state index in [1.807, 2.05) is 60.7 Å². The molecule has 0 bridgehead atoms. The molecule has 1 aromatic heterocycles. The normalized spacial score (nSPS) is 17.0. The van der Waals surface area contributed by atoms with Crippen LogP contribution in [0.4, 0.5) is 5.69 Å². The number of nitrogens with two attached hydrogens (primary N) is 1. The highest BCUT2D eigenvalue weighted by Crippen LogP contribution is 2.40. The molecular formula is C25H24N6O. The van der Waals surface area contributed by atoms with Crippen LogP contribution in [0.25, 0.3) is 11.4 Å². The number of nitrogens with one attached hydrogen (secondary N) is 3. The number of carbonyl (C=O) groups is 1. The lowest BCUT2D eigenvalue weighted by Crippen LogP contribution is -2.26. The second-order valence-corrected chi connectivity index (χ2v) is 8.05. The number of aromatic nitrogens is 3. The molecule has 160 valence electrons. The van der Waals surface area contributed by atoms with Gasteiger partial charge in [0.05, 0.1) is 5.69 Å². The molecule has 1 heterocycles. The number of carbonyl (C=O) groups excluding carboxylic acids is 1. The van der Waals surface area contributed by atoms with Crippen molar-refractivity contribution >= 4 is 11.6 Å². The fourth-order valence-corrected chi connectivity index (χ4v) is 4.09. The number of anilines is 1. The average molecular weight is 425 g/mol. The van der Waals surface area contributed by atoms with Crippen molar-refractivity contribution in [1.29, 1.82) is 0 Å². The first-order chi connectivity index (χ1) is 15.7. The van der Waals surface area contributed by atoms with Crippen LogP contribution in [-0.4, -0.2) is 27.1 Å². The third kappa shape index (κ3) is 4.24. The first-order valence-electron chi connectivity index (χ1n) is 10.6. The predicted octanol–water partition coefficient (Wildman–Crippen LogP) is 3.63. The summed E-state index contributed by atoms with van der Waals surface area (Å²) in [5.41, 5.74) is 8.43. The standard InChI is InChI=1S/C25H24N6O/c26-30-22-10-9-18(24-27-15-28-31-24)13-20(22)12-16-5-4-8-19(11-16)25(32)29-23-14-21(23)17-6-2-1-3-7-17/h1-11,13,15,21,23,30H,12,14,26H2,(H,29,32)(H,27,28,31)/t21-,23?/m1/s1. The molecule has 1 aliphatic carbocycles. The Kier molecular flexibility index (Phi) is 5.39. The number of H-pyrrole nitrogens is 1. The van der Waals surface area contributed by atoms with Gasteiger partial charge in [-0.1, -0.05) is 42.5 Å². The van der Waals surface area contributed by atoms with Crippen molar-refractivity contribution in [2.24, 2.45) is 5.84 Å². The molecule has 5 rings (SSSR count). The Bertz CT molecular complexity index is 1220. The van der Waals surface area contributed by atoms with Gasteiger partial charge in [0.2, 0.25) is 0 Å². The summed E-state index contributed by atoms with van der Waals surface area (Å²) in [6.45, 7) is 0. The quantitative estimate of drug-likeness (QED) is 0.268. The fourth-order valence-electron chi connectivity index (χ4n) is 4.09.